The molecule has 1 fully saturated rings. The molecule has 156 valence electrons. The molecule has 10 heteroatoms. The van der Waals surface area contributed by atoms with E-state index in [4.69, 9.17) is 0 Å². The molecule has 0 saturated carbocycles. The van der Waals surface area contributed by atoms with E-state index >= 15 is 0 Å². The zero-order valence-corrected chi connectivity index (χ0v) is 17.0. The molecule has 4 heterocycles. The first kappa shape index (κ1) is 18.9. The molecule has 1 aromatic carbocycles. The molecule has 4 aromatic rings. The van der Waals surface area contributed by atoms with Gasteiger partial charge in [0.1, 0.15) is 12.7 Å². The highest BCUT2D eigenvalue weighted by Gasteiger charge is 2.26. The lowest BCUT2D eigenvalue weighted by Crippen LogP contribution is -2.49. The highest BCUT2D eigenvalue weighted by molar-refractivity contribution is 5.95. The van der Waals surface area contributed by atoms with Gasteiger partial charge in [-0.05, 0) is 31.2 Å². The molecule has 1 aliphatic rings. The van der Waals surface area contributed by atoms with Crippen LogP contribution in [0.2, 0.25) is 0 Å². The van der Waals surface area contributed by atoms with Crippen molar-refractivity contribution < 1.29 is 4.79 Å². The van der Waals surface area contributed by atoms with Crippen molar-refractivity contribution in [2.24, 2.45) is 0 Å². The molecule has 31 heavy (non-hydrogen) atoms. The molecule has 0 aliphatic carbocycles. The van der Waals surface area contributed by atoms with E-state index in [1.54, 1.807) is 21.9 Å². The van der Waals surface area contributed by atoms with Gasteiger partial charge in [0.25, 0.3) is 5.91 Å². The van der Waals surface area contributed by atoms with Crippen molar-refractivity contribution in [2.45, 2.75) is 6.92 Å². The lowest BCUT2D eigenvalue weighted by atomic mass is 10.2. The Balaban J connectivity index is 1.25. The van der Waals surface area contributed by atoms with E-state index in [9.17, 15) is 4.79 Å². The number of hydrogen-bond donors (Lipinski definition) is 0. The molecule has 0 unspecified atom stereocenters. The number of para-hydroxylation sites is 1. The maximum atomic E-state index is 13.1. The van der Waals surface area contributed by atoms with Crippen molar-refractivity contribution in [3.8, 4) is 11.5 Å². The summed E-state index contributed by atoms with van der Waals surface area (Å²) in [5.41, 5.74) is 2.42. The third-order valence-corrected chi connectivity index (χ3v) is 5.42. The predicted octanol–water partition coefficient (Wildman–Crippen LogP) is 1.51. The lowest BCUT2D eigenvalue weighted by molar-refractivity contribution is 0.0745. The zero-order chi connectivity index (χ0) is 21.2. The highest BCUT2D eigenvalue weighted by atomic mass is 16.2. The molecule has 0 atom stereocenters. The number of anilines is 1. The summed E-state index contributed by atoms with van der Waals surface area (Å²) < 4.78 is 3.36. The van der Waals surface area contributed by atoms with Gasteiger partial charge in [-0.2, -0.15) is 10.2 Å². The first-order valence-electron chi connectivity index (χ1n) is 10.0. The number of benzene rings is 1. The van der Waals surface area contributed by atoms with Crippen molar-refractivity contribution in [2.75, 3.05) is 31.1 Å². The summed E-state index contributed by atoms with van der Waals surface area (Å²) >= 11 is 0. The van der Waals surface area contributed by atoms with Crippen LogP contribution in [0, 0.1) is 6.92 Å². The van der Waals surface area contributed by atoms with Gasteiger partial charge in [-0.1, -0.05) is 18.2 Å². The Morgan fingerprint density at radius 1 is 0.903 bits per heavy atom. The second-order valence-corrected chi connectivity index (χ2v) is 7.26. The van der Waals surface area contributed by atoms with Crippen LogP contribution in [-0.2, 0) is 0 Å². The molecular weight excluding hydrogens is 394 g/mol. The van der Waals surface area contributed by atoms with Crippen LogP contribution in [0.5, 0.6) is 0 Å². The second kappa shape index (κ2) is 7.98. The molecule has 5 rings (SSSR count). The zero-order valence-electron chi connectivity index (χ0n) is 17.0. The van der Waals surface area contributed by atoms with E-state index in [-0.39, 0.29) is 5.91 Å². The van der Waals surface area contributed by atoms with Crippen LogP contribution < -0.4 is 4.90 Å². The average molecular weight is 415 g/mol. The van der Waals surface area contributed by atoms with Crippen molar-refractivity contribution in [1.82, 2.24) is 39.6 Å². The summed E-state index contributed by atoms with van der Waals surface area (Å²) in [7, 11) is 0. The Hall–Kier alpha value is -4.08. The smallest absolute Gasteiger partial charge is 0.257 e. The molecule has 10 nitrogen and oxygen atoms in total. The molecule has 0 spiro atoms. The monoisotopic (exact) mass is 415 g/mol. The van der Waals surface area contributed by atoms with Gasteiger partial charge in [-0.15, -0.1) is 10.2 Å². The molecule has 1 amide bonds. The van der Waals surface area contributed by atoms with Gasteiger partial charge in [0.15, 0.2) is 11.6 Å². The molecule has 1 aliphatic heterocycles. The molecule has 0 radical (unpaired) electrons. The Morgan fingerprint density at radius 3 is 2.32 bits per heavy atom. The van der Waals surface area contributed by atoms with Crippen molar-refractivity contribution >= 4 is 11.7 Å². The largest absolute Gasteiger partial charge is 0.352 e. The third-order valence-electron chi connectivity index (χ3n) is 5.42. The number of aromatic nitrogens is 7. The topological polar surface area (TPSA) is 97.9 Å². The van der Waals surface area contributed by atoms with Gasteiger partial charge in [0.05, 0.1) is 23.1 Å². The summed E-state index contributed by atoms with van der Waals surface area (Å²) in [6.45, 7) is 4.53. The summed E-state index contributed by atoms with van der Waals surface area (Å²) in [5, 5.41) is 17.0. The number of amides is 1. The van der Waals surface area contributed by atoms with E-state index in [0.717, 1.165) is 17.2 Å². The molecule has 3 aromatic heterocycles. The summed E-state index contributed by atoms with van der Waals surface area (Å²) in [6, 6.07) is 13.6. The van der Waals surface area contributed by atoms with Crippen LogP contribution in [0.4, 0.5) is 5.82 Å². The quantitative estimate of drug-likeness (QED) is 0.498. The Labute approximate surface area is 178 Å². The number of carbonyl (C=O) groups is 1. The lowest BCUT2D eigenvalue weighted by Gasteiger charge is -2.35. The van der Waals surface area contributed by atoms with E-state index in [0.29, 0.717) is 37.6 Å². The Kier molecular flexibility index (Phi) is 4.87. The van der Waals surface area contributed by atoms with Crippen molar-refractivity contribution in [3.63, 3.8) is 0 Å². The number of hydrogen-bond acceptors (Lipinski definition) is 7. The van der Waals surface area contributed by atoms with Gasteiger partial charge >= 0.3 is 0 Å². The SMILES string of the molecule is Cc1c(C(=O)N2CCN(c3ccc(-n4cncn4)nn3)CC2)cnn1-c1ccccc1. The van der Waals surface area contributed by atoms with Crippen LogP contribution in [0.25, 0.3) is 11.5 Å². The first-order chi connectivity index (χ1) is 15.2. The minimum atomic E-state index is 0.00643. The third kappa shape index (κ3) is 3.63. The minimum Gasteiger partial charge on any atom is -0.352 e. The molecule has 0 N–H and O–H groups in total. The van der Waals surface area contributed by atoms with Crippen LogP contribution in [0.15, 0.2) is 61.3 Å². The van der Waals surface area contributed by atoms with Gasteiger partial charge in [-0.25, -0.2) is 14.3 Å². The Bertz CT molecular complexity index is 1160. The van der Waals surface area contributed by atoms with Crippen LogP contribution in [-0.4, -0.2) is 71.7 Å². The summed E-state index contributed by atoms with van der Waals surface area (Å²) in [6.07, 6.45) is 4.69. The number of piperazine rings is 1. The van der Waals surface area contributed by atoms with Gasteiger partial charge in [0.2, 0.25) is 0 Å². The molecular formula is C21H21N9O. The number of carbonyl (C=O) groups excluding carboxylic acids is 1. The average Bonchev–Trinajstić information content (AvgIpc) is 3.50. The van der Waals surface area contributed by atoms with Gasteiger partial charge < -0.3 is 9.80 Å². The number of nitrogens with zero attached hydrogens (tertiary/aromatic N) is 9. The Morgan fingerprint density at radius 2 is 1.65 bits per heavy atom. The van der Waals surface area contributed by atoms with E-state index in [1.165, 1.54) is 6.33 Å². The fraction of sp³-hybridized carbons (Fsp3) is 0.238. The fourth-order valence-electron chi connectivity index (χ4n) is 3.69. The summed E-state index contributed by atoms with van der Waals surface area (Å²) in [4.78, 5) is 21.0. The molecule has 1 saturated heterocycles. The maximum Gasteiger partial charge on any atom is 0.257 e. The normalized spacial score (nSPS) is 14.1. The molecule has 0 bridgehead atoms. The summed E-state index contributed by atoms with van der Waals surface area (Å²) in [5.74, 6) is 1.40. The van der Waals surface area contributed by atoms with Crippen LogP contribution in [0.1, 0.15) is 16.1 Å². The maximum absolute atomic E-state index is 13.1. The number of rotatable bonds is 4. The van der Waals surface area contributed by atoms with E-state index < -0.39 is 0 Å². The van der Waals surface area contributed by atoms with E-state index in [1.807, 2.05) is 54.3 Å². The first-order valence-corrected chi connectivity index (χ1v) is 10.0. The van der Waals surface area contributed by atoms with Gasteiger partial charge in [0, 0.05) is 26.2 Å². The van der Waals surface area contributed by atoms with E-state index in [2.05, 4.69) is 30.3 Å². The second-order valence-electron chi connectivity index (χ2n) is 7.26. The minimum absolute atomic E-state index is 0.00643. The van der Waals surface area contributed by atoms with Crippen LogP contribution in [0.3, 0.4) is 0 Å². The fourth-order valence-corrected chi connectivity index (χ4v) is 3.69. The highest BCUT2D eigenvalue weighted by Crippen LogP contribution is 2.18. The van der Waals surface area contributed by atoms with Crippen molar-refractivity contribution in [1.29, 1.82) is 0 Å². The van der Waals surface area contributed by atoms with Gasteiger partial charge in [-0.3, -0.25) is 4.79 Å². The predicted molar refractivity (Wildman–Crippen MR) is 113 cm³/mol. The van der Waals surface area contributed by atoms with Crippen LogP contribution >= 0.6 is 0 Å². The van der Waals surface area contributed by atoms with Crippen molar-refractivity contribution in [3.05, 3.63) is 72.6 Å². The standard InChI is InChI=1S/C21H21N9O/c1-16-18(13-23-30(16)17-5-3-2-4-6-17)21(31)28-11-9-27(10-12-28)19-7-8-20(26-25-19)29-15-22-14-24-29/h2-8,13-15H,9-12H2,1H3.